The second kappa shape index (κ2) is 14.3. The third kappa shape index (κ3) is 6.08. The zero-order valence-corrected chi connectivity index (χ0v) is 32.2. The minimum Gasteiger partial charge on any atom is -0.309 e. The van der Waals surface area contributed by atoms with E-state index < -0.39 is 0 Å². The van der Waals surface area contributed by atoms with Gasteiger partial charge < -0.3 is 4.57 Å². The molecule has 0 aliphatic carbocycles. The Morgan fingerprint density at radius 3 is 1.93 bits per heavy atom. The Balaban J connectivity index is 1.00. The van der Waals surface area contributed by atoms with E-state index in [1.54, 1.807) is 0 Å². The van der Waals surface area contributed by atoms with Crippen LogP contribution >= 0.6 is 0 Å². The van der Waals surface area contributed by atoms with E-state index in [0.717, 1.165) is 49.9 Å². The molecule has 0 radical (unpaired) electrons. The normalized spacial score (nSPS) is 12.2. The van der Waals surface area contributed by atoms with Gasteiger partial charge in [-0.05, 0) is 114 Å². The van der Waals surface area contributed by atoms with Crippen LogP contribution in [0.5, 0.6) is 0 Å². The van der Waals surface area contributed by atoms with E-state index in [-0.39, 0.29) is 5.84 Å². The summed E-state index contributed by atoms with van der Waals surface area (Å²) in [5.41, 5.74) is 9.38. The molecule has 59 heavy (non-hydrogen) atoms. The molecule has 276 valence electrons. The highest BCUT2D eigenvalue weighted by atomic mass is 15.0. The molecule has 0 aliphatic rings. The Kier molecular flexibility index (Phi) is 8.30. The van der Waals surface area contributed by atoms with Gasteiger partial charge in [0, 0.05) is 27.6 Å². The second-order valence-corrected chi connectivity index (χ2v) is 15.1. The number of hydrogen-bond acceptors (Lipinski definition) is 1. The number of nitrogens with zero attached hydrogens (tertiary/aromatic N) is 2. The average molecular weight is 752 g/mol. The average Bonchev–Trinajstić information content (AvgIpc) is 3.63. The summed E-state index contributed by atoms with van der Waals surface area (Å²) in [6.07, 6.45) is 4.17. The van der Waals surface area contributed by atoms with E-state index in [2.05, 4.69) is 187 Å². The Morgan fingerprint density at radius 2 is 1.08 bits per heavy atom. The molecule has 0 spiro atoms. The van der Waals surface area contributed by atoms with Crippen molar-refractivity contribution in [1.29, 1.82) is 5.41 Å². The molecule has 0 unspecified atom stereocenters. The van der Waals surface area contributed by atoms with E-state index in [4.69, 9.17) is 10.4 Å². The predicted octanol–water partition coefficient (Wildman–Crippen LogP) is 14.6. The third-order valence-electron chi connectivity index (χ3n) is 11.6. The summed E-state index contributed by atoms with van der Waals surface area (Å²) in [7, 11) is 0. The van der Waals surface area contributed by atoms with Gasteiger partial charge in [-0.15, -0.1) is 0 Å². The van der Waals surface area contributed by atoms with E-state index in [1.807, 2.05) is 36.4 Å². The first kappa shape index (κ1) is 34.4. The third-order valence-corrected chi connectivity index (χ3v) is 11.6. The zero-order chi connectivity index (χ0) is 39.3. The van der Waals surface area contributed by atoms with Crippen LogP contribution in [0.1, 0.15) is 16.7 Å². The Bertz CT molecular complexity index is 3500. The number of para-hydroxylation sites is 2. The Labute approximate surface area is 342 Å². The first-order valence-electron chi connectivity index (χ1n) is 20.0. The summed E-state index contributed by atoms with van der Waals surface area (Å²) in [6.45, 7) is 0. The molecule has 11 aromatic rings. The largest absolute Gasteiger partial charge is 0.309 e. The van der Waals surface area contributed by atoms with Crippen molar-refractivity contribution in [3.8, 4) is 16.8 Å². The van der Waals surface area contributed by atoms with Crippen molar-refractivity contribution in [2.75, 3.05) is 0 Å². The summed E-state index contributed by atoms with van der Waals surface area (Å²) < 4.78 is 2.32. The van der Waals surface area contributed by atoms with Gasteiger partial charge >= 0.3 is 0 Å². The number of rotatable bonds is 6. The molecule has 1 aromatic heterocycles. The summed E-state index contributed by atoms with van der Waals surface area (Å²) in [5, 5.41) is 21.2. The number of allylic oxidation sites excluding steroid dienone is 1. The molecule has 10 aromatic carbocycles. The molecular formula is C56H37N3. The maximum absolute atomic E-state index is 9.02. The van der Waals surface area contributed by atoms with Gasteiger partial charge in [-0.3, -0.25) is 5.41 Å². The fraction of sp³-hybridized carbons (Fsp3) is 0. The quantitative estimate of drug-likeness (QED) is 0.0761. The molecule has 0 bridgehead atoms. The van der Waals surface area contributed by atoms with Gasteiger partial charge in [-0.1, -0.05) is 164 Å². The number of aliphatic imine (C=N–C) groups is 1. The Hall–Kier alpha value is -7.88. The fourth-order valence-electron chi connectivity index (χ4n) is 8.80. The van der Waals surface area contributed by atoms with Crippen molar-refractivity contribution in [3.63, 3.8) is 0 Å². The first-order valence-corrected chi connectivity index (χ1v) is 20.0. The lowest BCUT2D eigenvalue weighted by Gasteiger charge is -2.15. The van der Waals surface area contributed by atoms with E-state index in [0.29, 0.717) is 0 Å². The van der Waals surface area contributed by atoms with Crippen molar-refractivity contribution >= 4 is 82.5 Å². The van der Waals surface area contributed by atoms with Gasteiger partial charge in [0.05, 0.1) is 16.7 Å². The summed E-state index contributed by atoms with van der Waals surface area (Å²) in [5.74, 6) is 0.219. The molecule has 0 fully saturated rings. The maximum Gasteiger partial charge on any atom is 0.152 e. The molecule has 0 aliphatic heterocycles. The minimum atomic E-state index is 0.219. The molecule has 0 amide bonds. The molecule has 1 N–H and O–H groups in total. The van der Waals surface area contributed by atoms with Crippen molar-refractivity contribution in [1.82, 2.24) is 4.57 Å². The molecule has 11 rings (SSSR count). The van der Waals surface area contributed by atoms with Gasteiger partial charge in [0.1, 0.15) is 0 Å². The summed E-state index contributed by atoms with van der Waals surface area (Å²) in [6, 6.07) is 73.1. The highest BCUT2D eigenvalue weighted by molar-refractivity contribution is 6.22. The lowest BCUT2D eigenvalue weighted by Crippen LogP contribution is -2.04. The van der Waals surface area contributed by atoms with Crippen LogP contribution in [-0.4, -0.2) is 16.1 Å². The summed E-state index contributed by atoms with van der Waals surface area (Å²) in [4.78, 5) is 4.97. The summed E-state index contributed by atoms with van der Waals surface area (Å²) >= 11 is 0. The molecule has 3 nitrogen and oxygen atoms in total. The van der Waals surface area contributed by atoms with Crippen LogP contribution < -0.4 is 0 Å². The monoisotopic (exact) mass is 751 g/mol. The van der Waals surface area contributed by atoms with Crippen molar-refractivity contribution in [3.05, 3.63) is 229 Å². The van der Waals surface area contributed by atoms with E-state index >= 15 is 0 Å². The molecule has 0 saturated heterocycles. The lowest BCUT2D eigenvalue weighted by atomic mass is 9.89. The number of aromatic nitrogens is 1. The van der Waals surface area contributed by atoms with Crippen LogP contribution in [-0.2, 0) is 0 Å². The molecule has 3 heteroatoms. The molecule has 0 atom stereocenters. The van der Waals surface area contributed by atoms with Crippen LogP contribution in [0.15, 0.2) is 217 Å². The van der Waals surface area contributed by atoms with Crippen LogP contribution in [0.4, 0.5) is 0 Å². The lowest BCUT2D eigenvalue weighted by molar-refractivity contribution is 1.18. The number of hydrogen-bond donors (Lipinski definition) is 1. The SMILES string of the molecule is N=C(N=C(/C=C/c1ccc2cc(-c3c4ccccc4cc4c3ccc3ccccc34)ccc2c1)c1ccc2c(c1)c1ccccc1n2-c1ccccc1)c1ccccc1. The van der Waals surface area contributed by atoms with Crippen LogP contribution in [0.25, 0.3) is 87.8 Å². The topological polar surface area (TPSA) is 41.1 Å². The molecule has 1 heterocycles. The highest BCUT2D eigenvalue weighted by Gasteiger charge is 2.15. The highest BCUT2D eigenvalue weighted by Crippen LogP contribution is 2.40. The number of nitrogens with one attached hydrogen (secondary N) is 1. The zero-order valence-electron chi connectivity index (χ0n) is 32.2. The predicted molar refractivity (Wildman–Crippen MR) is 252 cm³/mol. The standard InChI is InChI=1S/C56H37N3/c57-56(39-14-3-1-4-15-39)58-52(43-29-32-54-51(36-43)48-21-11-12-22-53(48)59(54)45-17-5-2-6-18-45)31-24-37-23-25-41-34-44(27-26-40(41)33-37)55-47-20-10-8-16-42(47)35-50-46-19-9-7-13-38(46)28-30-49(50)55/h1-36,57H/b31-24+,57-56?,58-52?. The number of benzene rings is 10. The number of amidine groups is 1. The van der Waals surface area contributed by atoms with Gasteiger partial charge in [-0.2, -0.15) is 0 Å². The van der Waals surface area contributed by atoms with Crippen LogP contribution in [0, 0.1) is 5.41 Å². The van der Waals surface area contributed by atoms with Crippen LogP contribution in [0.2, 0.25) is 0 Å². The van der Waals surface area contributed by atoms with Crippen molar-refractivity contribution < 1.29 is 0 Å². The van der Waals surface area contributed by atoms with E-state index in [1.165, 1.54) is 54.2 Å². The Morgan fingerprint density at radius 1 is 0.424 bits per heavy atom. The van der Waals surface area contributed by atoms with Gasteiger partial charge in [0.25, 0.3) is 0 Å². The molecule has 0 saturated carbocycles. The maximum atomic E-state index is 9.02. The number of fused-ring (bicyclic) bond motifs is 8. The van der Waals surface area contributed by atoms with Crippen molar-refractivity contribution in [2.24, 2.45) is 4.99 Å². The second-order valence-electron chi connectivity index (χ2n) is 15.1. The van der Waals surface area contributed by atoms with Crippen LogP contribution in [0.3, 0.4) is 0 Å². The first-order chi connectivity index (χ1) is 29.2. The van der Waals surface area contributed by atoms with E-state index in [9.17, 15) is 0 Å². The van der Waals surface area contributed by atoms with Gasteiger partial charge in [-0.25, -0.2) is 4.99 Å². The fourth-order valence-corrected chi connectivity index (χ4v) is 8.80. The molecular weight excluding hydrogens is 715 g/mol. The van der Waals surface area contributed by atoms with Crippen molar-refractivity contribution in [2.45, 2.75) is 0 Å². The smallest absolute Gasteiger partial charge is 0.152 e. The minimum absolute atomic E-state index is 0.219. The van der Waals surface area contributed by atoms with Gasteiger partial charge in [0.15, 0.2) is 5.84 Å². The van der Waals surface area contributed by atoms with Gasteiger partial charge in [0.2, 0.25) is 0 Å².